The SMILES string of the molecule is CNCCc1c(C)[nH]c2c(C)cc(OC)cc12. The van der Waals surface area contributed by atoms with Crippen molar-refractivity contribution in [3.8, 4) is 5.75 Å². The second kappa shape index (κ2) is 4.80. The molecule has 0 unspecified atom stereocenters. The van der Waals surface area contributed by atoms with E-state index in [1.54, 1.807) is 7.11 Å². The molecule has 2 rings (SSSR count). The Labute approximate surface area is 102 Å². The number of ether oxygens (including phenoxy) is 1. The summed E-state index contributed by atoms with van der Waals surface area (Å²) in [5, 5.41) is 4.48. The van der Waals surface area contributed by atoms with Gasteiger partial charge in [0.2, 0.25) is 0 Å². The Kier molecular flexibility index (Phi) is 3.38. The van der Waals surface area contributed by atoms with Crippen LogP contribution >= 0.6 is 0 Å². The Morgan fingerprint density at radius 3 is 2.71 bits per heavy atom. The molecule has 0 amide bonds. The van der Waals surface area contributed by atoms with E-state index in [0.29, 0.717) is 0 Å². The summed E-state index contributed by atoms with van der Waals surface area (Å²) in [5.41, 5.74) is 5.11. The molecule has 17 heavy (non-hydrogen) atoms. The van der Waals surface area contributed by atoms with Crippen molar-refractivity contribution < 1.29 is 4.74 Å². The van der Waals surface area contributed by atoms with Gasteiger partial charge in [0.1, 0.15) is 5.75 Å². The number of methoxy groups -OCH3 is 1. The number of rotatable bonds is 4. The van der Waals surface area contributed by atoms with Gasteiger partial charge in [-0.3, -0.25) is 0 Å². The van der Waals surface area contributed by atoms with Crippen LogP contribution in [0, 0.1) is 13.8 Å². The van der Waals surface area contributed by atoms with Gasteiger partial charge < -0.3 is 15.0 Å². The molecular weight excluding hydrogens is 212 g/mol. The number of aromatic nitrogens is 1. The van der Waals surface area contributed by atoms with Crippen molar-refractivity contribution in [3.05, 3.63) is 29.0 Å². The molecule has 1 aromatic heterocycles. The van der Waals surface area contributed by atoms with Crippen LogP contribution in [0.25, 0.3) is 10.9 Å². The summed E-state index contributed by atoms with van der Waals surface area (Å²) in [6.07, 6.45) is 1.04. The summed E-state index contributed by atoms with van der Waals surface area (Å²) in [6, 6.07) is 4.19. The molecule has 0 aliphatic carbocycles. The molecule has 1 aromatic carbocycles. The zero-order valence-electron chi connectivity index (χ0n) is 11.0. The van der Waals surface area contributed by atoms with Crippen molar-refractivity contribution in [1.82, 2.24) is 10.3 Å². The average Bonchev–Trinajstić information content (AvgIpc) is 2.63. The number of aryl methyl sites for hydroxylation is 2. The highest BCUT2D eigenvalue weighted by molar-refractivity contribution is 5.88. The number of hydrogen-bond acceptors (Lipinski definition) is 2. The summed E-state index contributed by atoms with van der Waals surface area (Å²) in [6.45, 7) is 5.24. The third-order valence-corrected chi connectivity index (χ3v) is 3.26. The molecule has 0 fully saturated rings. The molecule has 0 aliphatic rings. The van der Waals surface area contributed by atoms with Crippen LogP contribution in [0.4, 0.5) is 0 Å². The highest BCUT2D eigenvalue weighted by Crippen LogP contribution is 2.29. The first-order valence-corrected chi connectivity index (χ1v) is 5.97. The predicted octanol–water partition coefficient (Wildman–Crippen LogP) is 2.56. The molecule has 3 nitrogen and oxygen atoms in total. The first kappa shape index (κ1) is 12.0. The number of benzene rings is 1. The molecule has 0 bridgehead atoms. The molecule has 0 spiro atoms. The second-order valence-corrected chi connectivity index (χ2v) is 4.45. The fourth-order valence-corrected chi connectivity index (χ4v) is 2.31. The van der Waals surface area contributed by atoms with Gasteiger partial charge in [0, 0.05) is 16.6 Å². The van der Waals surface area contributed by atoms with E-state index in [2.05, 4.69) is 36.3 Å². The zero-order chi connectivity index (χ0) is 12.4. The fourth-order valence-electron chi connectivity index (χ4n) is 2.31. The number of likely N-dealkylation sites (N-methyl/N-ethyl adjacent to an activating group) is 1. The van der Waals surface area contributed by atoms with Crippen molar-refractivity contribution in [1.29, 1.82) is 0 Å². The van der Waals surface area contributed by atoms with Gasteiger partial charge in [0.25, 0.3) is 0 Å². The number of aromatic amines is 1. The van der Waals surface area contributed by atoms with Crippen LogP contribution in [-0.4, -0.2) is 25.7 Å². The Hall–Kier alpha value is -1.48. The highest BCUT2D eigenvalue weighted by atomic mass is 16.5. The standard InChI is InChI=1S/C14H20N2O/c1-9-7-11(17-4)8-13-12(5-6-15-3)10(2)16-14(9)13/h7-8,15-16H,5-6H2,1-4H3. The van der Waals surface area contributed by atoms with Gasteiger partial charge in [-0.15, -0.1) is 0 Å². The van der Waals surface area contributed by atoms with E-state index in [-0.39, 0.29) is 0 Å². The maximum absolute atomic E-state index is 5.34. The largest absolute Gasteiger partial charge is 0.497 e. The minimum absolute atomic E-state index is 0.930. The van der Waals surface area contributed by atoms with Crippen LogP contribution in [0.1, 0.15) is 16.8 Å². The summed E-state index contributed by atoms with van der Waals surface area (Å²) in [5.74, 6) is 0.930. The topological polar surface area (TPSA) is 37.0 Å². The lowest BCUT2D eigenvalue weighted by atomic mass is 10.1. The van der Waals surface area contributed by atoms with Crippen LogP contribution < -0.4 is 10.1 Å². The lowest BCUT2D eigenvalue weighted by Crippen LogP contribution is -2.10. The van der Waals surface area contributed by atoms with E-state index in [1.165, 1.54) is 27.7 Å². The molecular formula is C14H20N2O. The number of H-pyrrole nitrogens is 1. The second-order valence-electron chi connectivity index (χ2n) is 4.45. The molecule has 0 saturated carbocycles. The van der Waals surface area contributed by atoms with E-state index >= 15 is 0 Å². The van der Waals surface area contributed by atoms with Crippen LogP contribution in [0.5, 0.6) is 5.75 Å². The molecule has 0 atom stereocenters. The Bertz CT molecular complexity index is 528. The predicted molar refractivity (Wildman–Crippen MR) is 72.0 cm³/mol. The smallest absolute Gasteiger partial charge is 0.119 e. The van der Waals surface area contributed by atoms with Crippen LogP contribution in [0.2, 0.25) is 0 Å². The molecule has 0 saturated heterocycles. The summed E-state index contributed by atoms with van der Waals surface area (Å²) < 4.78 is 5.34. The van der Waals surface area contributed by atoms with Crippen molar-refractivity contribution in [3.63, 3.8) is 0 Å². The van der Waals surface area contributed by atoms with E-state index in [4.69, 9.17) is 4.74 Å². The summed E-state index contributed by atoms with van der Waals surface area (Å²) in [7, 11) is 3.70. The van der Waals surface area contributed by atoms with Gasteiger partial charge in [-0.25, -0.2) is 0 Å². The van der Waals surface area contributed by atoms with Gasteiger partial charge in [0.05, 0.1) is 7.11 Å². The van der Waals surface area contributed by atoms with Crippen LogP contribution in [0.3, 0.4) is 0 Å². The average molecular weight is 232 g/mol. The Balaban J connectivity index is 2.57. The van der Waals surface area contributed by atoms with E-state index in [9.17, 15) is 0 Å². The quantitative estimate of drug-likeness (QED) is 0.850. The molecule has 0 aliphatic heterocycles. The zero-order valence-corrected chi connectivity index (χ0v) is 11.0. The third-order valence-electron chi connectivity index (χ3n) is 3.26. The van der Waals surface area contributed by atoms with Crippen LogP contribution in [0.15, 0.2) is 12.1 Å². The van der Waals surface area contributed by atoms with Crippen molar-refractivity contribution in [2.75, 3.05) is 20.7 Å². The molecule has 92 valence electrons. The van der Waals surface area contributed by atoms with E-state index in [0.717, 1.165) is 18.7 Å². The number of hydrogen-bond donors (Lipinski definition) is 2. The summed E-state index contributed by atoms with van der Waals surface area (Å²) in [4.78, 5) is 3.47. The lowest BCUT2D eigenvalue weighted by molar-refractivity contribution is 0.415. The van der Waals surface area contributed by atoms with Gasteiger partial charge in [-0.05, 0) is 57.1 Å². The van der Waals surface area contributed by atoms with Gasteiger partial charge in [-0.2, -0.15) is 0 Å². The summed E-state index contributed by atoms with van der Waals surface area (Å²) >= 11 is 0. The molecule has 2 aromatic rings. The minimum atomic E-state index is 0.930. The van der Waals surface area contributed by atoms with Crippen molar-refractivity contribution in [2.24, 2.45) is 0 Å². The number of nitrogens with one attached hydrogen (secondary N) is 2. The van der Waals surface area contributed by atoms with E-state index < -0.39 is 0 Å². The van der Waals surface area contributed by atoms with Gasteiger partial charge in [-0.1, -0.05) is 0 Å². The Morgan fingerprint density at radius 1 is 1.29 bits per heavy atom. The highest BCUT2D eigenvalue weighted by Gasteiger charge is 2.11. The monoisotopic (exact) mass is 232 g/mol. The third kappa shape index (κ3) is 2.15. The first-order chi connectivity index (χ1) is 8.17. The van der Waals surface area contributed by atoms with Gasteiger partial charge >= 0.3 is 0 Å². The van der Waals surface area contributed by atoms with Crippen molar-refractivity contribution in [2.45, 2.75) is 20.3 Å². The lowest BCUT2D eigenvalue weighted by Gasteiger charge is -2.05. The Morgan fingerprint density at radius 2 is 2.06 bits per heavy atom. The first-order valence-electron chi connectivity index (χ1n) is 5.97. The minimum Gasteiger partial charge on any atom is -0.497 e. The van der Waals surface area contributed by atoms with Crippen LogP contribution in [-0.2, 0) is 6.42 Å². The molecule has 0 radical (unpaired) electrons. The fraction of sp³-hybridized carbons (Fsp3) is 0.429. The normalized spacial score (nSPS) is 11.1. The number of fused-ring (bicyclic) bond motifs is 1. The molecule has 3 heteroatoms. The maximum Gasteiger partial charge on any atom is 0.119 e. The van der Waals surface area contributed by atoms with Gasteiger partial charge in [0.15, 0.2) is 0 Å². The van der Waals surface area contributed by atoms with Crippen molar-refractivity contribution >= 4 is 10.9 Å². The van der Waals surface area contributed by atoms with E-state index in [1.807, 2.05) is 7.05 Å². The molecule has 1 heterocycles. The maximum atomic E-state index is 5.34. The molecule has 2 N–H and O–H groups in total.